The minimum atomic E-state index is -0.254. The monoisotopic (exact) mass is 228 g/mol. The zero-order valence-electron chi connectivity index (χ0n) is 9.83. The molecule has 0 spiro atoms. The Morgan fingerprint density at radius 2 is 1.82 bits per heavy atom. The average molecular weight is 228 g/mol. The molecule has 2 heteroatoms. The molecule has 0 saturated heterocycles. The molecular formula is C15H13FO. The number of halogens is 1. The Labute approximate surface area is 99.9 Å². The predicted molar refractivity (Wildman–Crippen MR) is 66.7 cm³/mol. The second kappa shape index (κ2) is 4.50. The zero-order valence-corrected chi connectivity index (χ0v) is 9.83. The van der Waals surface area contributed by atoms with Gasteiger partial charge in [-0.25, -0.2) is 4.39 Å². The predicted octanol–water partition coefficient (Wildman–Crippen LogP) is 3.92. The summed E-state index contributed by atoms with van der Waals surface area (Å²) in [5.41, 5.74) is 4.21. The maximum atomic E-state index is 13.4. The van der Waals surface area contributed by atoms with Gasteiger partial charge in [-0.3, -0.25) is 4.79 Å². The summed E-state index contributed by atoms with van der Waals surface area (Å²) >= 11 is 0. The molecule has 0 fully saturated rings. The van der Waals surface area contributed by atoms with Gasteiger partial charge in [0, 0.05) is 5.56 Å². The van der Waals surface area contributed by atoms with Crippen molar-refractivity contribution >= 4 is 6.29 Å². The van der Waals surface area contributed by atoms with E-state index in [1.165, 1.54) is 12.1 Å². The normalized spacial score (nSPS) is 10.3. The lowest BCUT2D eigenvalue weighted by Crippen LogP contribution is -1.89. The second-order valence-corrected chi connectivity index (χ2v) is 4.21. The van der Waals surface area contributed by atoms with Crippen LogP contribution in [0.3, 0.4) is 0 Å². The number of aldehydes is 1. The summed E-state index contributed by atoms with van der Waals surface area (Å²) in [6.45, 7) is 3.80. The minimum absolute atomic E-state index is 0.254. The highest BCUT2D eigenvalue weighted by Crippen LogP contribution is 2.26. The van der Waals surface area contributed by atoms with E-state index in [0.717, 1.165) is 28.5 Å². The third-order valence-electron chi connectivity index (χ3n) is 2.75. The first-order chi connectivity index (χ1) is 8.10. The van der Waals surface area contributed by atoms with Crippen LogP contribution in [-0.2, 0) is 0 Å². The fourth-order valence-electron chi connectivity index (χ4n) is 1.92. The average Bonchev–Trinajstić information content (AvgIpc) is 2.28. The Morgan fingerprint density at radius 3 is 2.47 bits per heavy atom. The fourth-order valence-corrected chi connectivity index (χ4v) is 1.92. The molecular weight excluding hydrogens is 215 g/mol. The van der Waals surface area contributed by atoms with Crippen LogP contribution in [0.25, 0.3) is 11.1 Å². The number of rotatable bonds is 2. The van der Waals surface area contributed by atoms with Crippen molar-refractivity contribution in [3.8, 4) is 11.1 Å². The van der Waals surface area contributed by atoms with Crippen LogP contribution >= 0.6 is 0 Å². The van der Waals surface area contributed by atoms with E-state index in [-0.39, 0.29) is 5.82 Å². The Balaban J connectivity index is 2.62. The fraction of sp³-hybridized carbons (Fsp3) is 0.133. The molecule has 0 saturated carbocycles. The third-order valence-corrected chi connectivity index (χ3v) is 2.75. The van der Waals surface area contributed by atoms with Crippen LogP contribution in [0.4, 0.5) is 4.39 Å². The van der Waals surface area contributed by atoms with Gasteiger partial charge < -0.3 is 0 Å². The van der Waals surface area contributed by atoms with E-state index in [1.807, 2.05) is 26.0 Å². The van der Waals surface area contributed by atoms with Crippen LogP contribution in [0, 0.1) is 19.7 Å². The first kappa shape index (κ1) is 11.5. The molecule has 2 rings (SSSR count). The van der Waals surface area contributed by atoms with Gasteiger partial charge in [0.05, 0.1) is 0 Å². The SMILES string of the molecule is Cc1cc(F)cc(-c2cc(C=O)ccc2C)c1. The molecule has 1 nitrogen and oxygen atoms in total. The highest BCUT2D eigenvalue weighted by Gasteiger charge is 2.05. The van der Waals surface area contributed by atoms with E-state index < -0.39 is 0 Å². The quantitative estimate of drug-likeness (QED) is 0.712. The van der Waals surface area contributed by atoms with Crippen molar-refractivity contribution in [1.82, 2.24) is 0 Å². The molecule has 0 aliphatic carbocycles. The van der Waals surface area contributed by atoms with E-state index in [2.05, 4.69) is 0 Å². The largest absolute Gasteiger partial charge is 0.298 e. The summed E-state index contributed by atoms with van der Waals surface area (Å²) in [5.74, 6) is -0.254. The second-order valence-electron chi connectivity index (χ2n) is 4.21. The highest BCUT2D eigenvalue weighted by atomic mass is 19.1. The minimum Gasteiger partial charge on any atom is -0.298 e. The van der Waals surface area contributed by atoms with E-state index in [1.54, 1.807) is 12.1 Å². The molecule has 0 aliphatic rings. The molecule has 0 bridgehead atoms. The van der Waals surface area contributed by atoms with Crippen molar-refractivity contribution in [2.75, 3.05) is 0 Å². The number of carbonyl (C=O) groups excluding carboxylic acids is 1. The molecule has 86 valence electrons. The Hall–Kier alpha value is -1.96. The highest BCUT2D eigenvalue weighted by molar-refractivity contribution is 5.80. The molecule has 0 heterocycles. The Morgan fingerprint density at radius 1 is 1.06 bits per heavy atom. The Kier molecular flexibility index (Phi) is 3.05. The van der Waals surface area contributed by atoms with Gasteiger partial charge in [-0.1, -0.05) is 18.2 Å². The van der Waals surface area contributed by atoms with Crippen LogP contribution in [0.5, 0.6) is 0 Å². The third kappa shape index (κ3) is 2.41. The number of benzene rings is 2. The van der Waals surface area contributed by atoms with Gasteiger partial charge in [-0.05, 0) is 54.3 Å². The maximum Gasteiger partial charge on any atom is 0.150 e. The zero-order chi connectivity index (χ0) is 12.4. The first-order valence-corrected chi connectivity index (χ1v) is 5.43. The van der Waals surface area contributed by atoms with Gasteiger partial charge >= 0.3 is 0 Å². The molecule has 0 unspecified atom stereocenters. The van der Waals surface area contributed by atoms with E-state index in [0.29, 0.717) is 5.56 Å². The van der Waals surface area contributed by atoms with Crippen molar-refractivity contribution in [3.05, 3.63) is 58.9 Å². The molecule has 2 aromatic carbocycles. The van der Waals surface area contributed by atoms with E-state index in [9.17, 15) is 9.18 Å². The van der Waals surface area contributed by atoms with Crippen LogP contribution in [0.15, 0.2) is 36.4 Å². The lowest BCUT2D eigenvalue weighted by atomic mass is 9.97. The number of aryl methyl sites for hydroxylation is 2. The summed E-state index contributed by atoms with van der Waals surface area (Å²) in [5, 5.41) is 0. The van der Waals surface area contributed by atoms with Crippen LogP contribution in [0.1, 0.15) is 21.5 Å². The van der Waals surface area contributed by atoms with Crippen molar-refractivity contribution < 1.29 is 9.18 Å². The number of carbonyl (C=O) groups is 1. The molecule has 0 aromatic heterocycles. The van der Waals surface area contributed by atoms with Crippen LogP contribution in [-0.4, -0.2) is 6.29 Å². The summed E-state index contributed by atoms with van der Waals surface area (Å²) in [7, 11) is 0. The molecule has 0 aliphatic heterocycles. The molecule has 0 atom stereocenters. The number of hydrogen-bond donors (Lipinski definition) is 0. The van der Waals surface area contributed by atoms with Gasteiger partial charge in [0.25, 0.3) is 0 Å². The summed E-state index contributed by atoms with van der Waals surface area (Å²) in [4.78, 5) is 10.8. The molecule has 17 heavy (non-hydrogen) atoms. The summed E-state index contributed by atoms with van der Waals surface area (Å²) in [6.07, 6.45) is 0.801. The molecule has 0 N–H and O–H groups in total. The lowest BCUT2D eigenvalue weighted by molar-refractivity contribution is 0.112. The topological polar surface area (TPSA) is 17.1 Å². The smallest absolute Gasteiger partial charge is 0.150 e. The van der Waals surface area contributed by atoms with Crippen LogP contribution < -0.4 is 0 Å². The van der Waals surface area contributed by atoms with Gasteiger partial charge in [-0.15, -0.1) is 0 Å². The van der Waals surface area contributed by atoms with Gasteiger partial charge in [0.2, 0.25) is 0 Å². The van der Waals surface area contributed by atoms with Crippen molar-refractivity contribution in [2.45, 2.75) is 13.8 Å². The molecule has 0 radical (unpaired) electrons. The molecule has 2 aromatic rings. The summed E-state index contributed by atoms with van der Waals surface area (Å²) in [6, 6.07) is 10.3. The van der Waals surface area contributed by atoms with E-state index >= 15 is 0 Å². The number of hydrogen-bond acceptors (Lipinski definition) is 1. The van der Waals surface area contributed by atoms with Crippen LogP contribution in [0.2, 0.25) is 0 Å². The molecule has 0 amide bonds. The van der Waals surface area contributed by atoms with Gasteiger partial charge in [-0.2, -0.15) is 0 Å². The van der Waals surface area contributed by atoms with Crippen molar-refractivity contribution in [3.63, 3.8) is 0 Å². The van der Waals surface area contributed by atoms with Gasteiger partial charge in [0.1, 0.15) is 12.1 Å². The van der Waals surface area contributed by atoms with Crippen molar-refractivity contribution in [2.24, 2.45) is 0 Å². The maximum absolute atomic E-state index is 13.4. The van der Waals surface area contributed by atoms with Crippen molar-refractivity contribution in [1.29, 1.82) is 0 Å². The Bertz CT molecular complexity index is 553. The lowest BCUT2D eigenvalue weighted by Gasteiger charge is -2.08. The van der Waals surface area contributed by atoms with Gasteiger partial charge in [0.15, 0.2) is 0 Å². The first-order valence-electron chi connectivity index (χ1n) is 5.43. The van der Waals surface area contributed by atoms with E-state index in [4.69, 9.17) is 0 Å². The standard InChI is InChI=1S/C15H13FO/c1-10-5-13(8-14(16)6-10)15-7-12(9-17)4-3-11(15)2/h3-9H,1-2H3. The summed E-state index contributed by atoms with van der Waals surface area (Å²) < 4.78 is 13.4.